The van der Waals surface area contributed by atoms with E-state index in [9.17, 15) is 0 Å². The minimum atomic E-state index is 0.571. The maximum atomic E-state index is 6.31. The number of aromatic nitrogens is 2. The molecule has 1 aliphatic rings. The summed E-state index contributed by atoms with van der Waals surface area (Å²) in [7, 11) is 0. The first-order chi connectivity index (χ1) is 11.3. The van der Waals surface area contributed by atoms with Crippen LogP contribution in [-0.2, 0) is 6.42 Å². The summed E-state index contributed by atoms with van der Waals surface area (Å²) in [6.07, 6.45) is 7.63. The Kier molecular flexibility index (Phi) is 4.29. The molecule has 1 unspecified atom stereocenters. The lowest BCUT2D eigenvalue weighted by Gasteiger charge is -2.08. The van der Waals surface area contributed by atoms with E-state index in [0.29, 0.717) is 6.04 Å². The van der Waals surface area contributed by atoms with Crippen molar-refractivity contribution in [2.75, 3.05) is 6.54 Å². The Morgan fingerprint density at radius 2 is 2.17 bits per heavy atom. The molecule has 0 bridgehead atoms. The van der Waals surface area contributed by atoms with Gasteiger partial charge in [0.05, 0.1) is 16.1 Å². The van der Waals surface area contributed by atoms with E-state index in [1.54, 1.807) is 11.9 Å². The van der Waals surface area contributed by atoms with Crippen molar-refractivity contribution in [3.8, 4) is 0 Å². The summed E-state index contributed by atoms with van der Waals surface area (Å²) in [6.45, 7) is 1.13. The lowest BCUT2D eigenvalue weighted by Crippen LogP contribution is -2.23. The molecule has 0 saturated carbocycles. The Bertz CT molecular complexity index is 824. The highest BCUT2D eigenvalue weighted by Gasteiger charge is 2.18. The van der Waals surface area contributed by atoms with E-state index in [4.69, 9.17) is 11.6 Å². The Labute approximate surface area is 145 Å². The van der Waals surface area contributed by atoms with Crippen LogP contribution in [0.15, 0.2) is 53.7 Å². The fraction of sp³-hybridized carbons (Fsp3) is 0.278. The molecule has 0 amide bonds. The van der Waals surface area contributed by atoms with Gasteiger partial charge in [-0.25, -0.2) is 0 Å². The molecule has 1 aromatic carbocycles. The zero-order valence-electron chi connectivity index (χ0n) is 12.7. The van der Waals surface area contributed by atoms with Gasteiger partial charge >= 0.3 is 0 Å². The highest BCUT2D eigenvalue weighted by atomic mass is 35.5. The molecule has 0 aliphatic carbocycles. The molecule has 3 heterocycles. The molecular weight excluding hydrogens is 326 g/mol. The fourth-order valence-electron chi connectivity index (χ4n) is 3.14. The predicted molar refractivity (Wildman–Crippen MR) is 97.2 cm³/mol. The summed E-state index contributed by atoms with van der Waals surface area (Å²) in [6, 6.07) is 12.6. The van der Waals surface area contributed by atoms with Gasteiger partial charge < -0.3 is 5.32 Å². The molecule has 1 N–H and O–H groups in total. The van der Waals surface area contributed by atoms with Gasteiger partial charge in [0, 0.05) is 23.3 Å². The normalized spacial score (nSPS) is 17.9. The number of halogens is 1. The highest BCUT2D eigenvalue weighted by molar-refractivity contribution is 7.98. The van der Waals surface area contributed by atoms with Gasteiger partial charge in [-0.2, -0.15) is 0 Å². The van der Waals surface area contributed by atoms with E-state index >= 15 is 0 Å². The molecule has 1 saturated heterocycles. The maximum absolute atomic E-state index is 6.31. The Balaban J connectivity index is 1.70. The second kappa shape index (κ2) is 6.56. The molecule has 4 rings (SSSR count). The quantitative estimate of drug-likeness (QED) is 0.754. The second-order valence-electron chi connectivity index (χ2n) is 5.87. The van der Waals surface area contributed by atoms with Crippen molar-refractivity contribution in [1.29, 1.82) is 0 Å². The molecule has 23 heavy (non-hydrogen) atoms. The summed E-state index contributed by atoms with van der Waals surface area (Å²) >= 11 is 7.96. The van der Waals surface area contributed by atoms with Crippen LogP contribution >= 0.6 is 23.5 Å². The Hall–Kier alpha value is -1.49. The van der Waals surface area contributed by atoms with Crippen LogP contribution in [0.2, 0.25) is 5.02 Å². The van der Waals surface area contributed by atoms with E-state index in [2.05, 4.69) is 26.5 Å². The first kappa shape index (κ1) is 15.1. The third-order valence-electron chi connectivity index (χ3n) is 4.26. The molecule has 0 spiro atoms. The van der Waals surface area contributed by atoms with Crippen LogP contribution in [-0.4, -0.2) is 21.5 Å². The Morgan fingerprint density at radius 3 is 3.00 bits per heavy atom. The van der Waals surface area contributed by atoms with Crippen molar-refractivity contribution in [2.24, 2.45) is 0 Å². The summed E-state index contributed by atoms with van der Waals surface area (Å²) in [4.78, 5) is 5.67. The van der Waals surface area contributed by atoms with E-state index in [0.717, 1.165) is 33.9 Å². The summed E-state index contributed by atoms with van der Waals surface area (Å²) in [5, 5.41) is 4.35. The highest BCUT2D eigenvalue weighted by Crippen LogP contribution is 2.33. The van der Waals surface area contributed by atoms with E-state index < -0.39 is 0 Å². The van der Waals surface area contributed by atoms with Crippen molar-refractivity contribution in [1.82, 2.24) is 14.3 Å². The number of fused-ring (bicyclic) bond motifs is 1. The van der Waals surface area contributed by atoms with Crippen molar-refractivity contribution >= 4 is 34.6 Å². The summed E-state index contributed by atoms with van der Waals surface area (Å²) < 4.78 is 2.19. The predicted octanol–water partition coefficient (Wildman–Crippen LogP) is 4.54. The molecule has 1 atom stereocenters. The first-order valence-corrected chi connectivity index (χ1v) is 9.07. The SMILES string of the molecule is Clc1ccccc1Sn1cc(CC2CCCN2)c2ncccc21. The zero-order chi connectivity index (χ0) is 15.6. The van der Waals surface area contributed by atoms with Gasteiger partial charge in [0.1, 0.15) is 0 Å². The van der Waals surface area contributed by atoms with Gasteiger partial charge in [-0.3, -0.25) is 8.96 Å². The van der Waals surface area contributed by atoms with Gasteiger partial charge in [0.25, 0.3) is 0 Å². The molecular formula is C18H18ClN3S. The number of pyridine rings is 1. The van der Waals surface area contributed by atoms with E-state index in [1.165, 1.54) is 18.4 Å². The van der Waals surface area contributed by atoms with E-state index in [1.807, 2.05) is 36.5 Å². The standard InChI is InChI=1S/C18H18ClN3S/c19-15-6-1-2-8-17(15)23-22-12-13(11-14-5-3-9-20-14)18-16(22)7-4-10-21-18/h1-2,4,6-8,10,12,14,20H,3,5,9,11H2. The van der Waals surface area contributed by atoms with Gasteiger partial charge in [-0.05, 0) is 67.6 Å². The molecule has 118 valence electrons. The fourth-order valence-corrected chi connectivity index (χ4v) is 4.31. The third-order valence-corrected chi connectivity index (χ3v) is 5.76. The smallest absolute Gasteiger partial charge is 0.0922 e. The first-order valence-electron chi connectivity index (χ1n) is 7.92. The van der Waals surface area contributed by atoms with Crippen LogP contribution in [0.5, 0.6) is 0 Å². The van der Waals surface area contributed by atoms with Crippen LogP contribution in [0.25, 0.3) is 11.0 Å². The lowest BCUT2D eigenvalue weighted by atomic mass is 10.1. The van der Waals surface area contributed by atoms with Crippen LogP contribution in [0.1, 0.15) is 18.4 Å². The van der Waals surface area contributed by atoms with Gasteiger partial charge in [0.2, 0.25) is 0 Å². The summed E-state index contributed by atoms with van der Waals surface area (Å²) in [5.74, 6) is 0. The average Bonchev–Trinajstić information content (AvgIpc) is 3.19. The number of hydrogen-bond acceptors (Lipinski definition) is 3. The second-order valence-corrected chi connectivity index (χ2v) is 7.29. The molecule has 3 nitrogen and oxygen atoms in total. The summed E-state index contributed by atoms with van der Waals surface area (Å²) in [5.41, 5.74) is 3.55. The van der Waals surface area contributed by atoms with Crippen LogP contribution in [0.3, 0.4) is 0 Å². The van der Waals surface area contributed by atoms with Crippen molar-refractivity contribution in [3.05, 3.63) is 59.4 Å². The van der Waals surface area contributed by atoms with Gasteiger partial charge in [0.15, 0.2) is 0 Å². The van der Waals surface area contributed by atoms with Crippen molar-refractivity contribution in [2.45, 2.75) is 30.2 Å². The van der Waals surface area contributed by atoms with Crippen molar-refractivity contribution in [3.63, 3.8) is 0 Å². The van der Waals surface area contributed by atoms with Crippen LogP contribution < -0.4 is 5.32 Å². The van der Waals surface area contributed by atoms with Crippen LogP contribution in [0.4, 0.5) is 0 Å². The topological polar surface area (TPSA) is 29.9 Å². The molecule has 1 aliphatic heterocycles. The van der Waals surface area contributed by atoms with Gasteiger partial charge in [-0.15, -0.1) is 0 Å². The molecule has 5 heteroatoms. The molecule has 0 radical (unpaired) electrons. The van der Waals surface area contributed by atoms with Gasteiger partial charge in [-0.1, -0.05) is 23.7 Å². The number of nitrogens with zero attached hydrogens (tertiary/aromatic N) is 2. The molecule has 2 aromatic heterocycles. The monoisotopic (exact) mass is 343 g/mol. The number of benzene rings is 1. The number of rotatable bonds is 4. The molecule has 1 fully saturated rings. The van der Waals surface area contributed by atoms with Crippen LogP contribution in [0, 0.1) is 0 Å². The number of nitrogens with one attached hydrogen (secondary N) is 1. The minimum Gasteiger partial charge on any atom is -0.314 e. The number of hydrogen-bond donors (Lipinski definition) is 1. The van der Waals surface area contributed by atoms with E-state index in [-0.39, 0.29) is 0 Å². The average molecular weight is 344 g/mol. The van der Waals surface area contributed by atoms with Crippen molar-refractivity contribution < 1.29 is 0 Å². The third kappa shape index (κ3) is 3.11. The Morgan fingerprint density at radius 1 is 1.26 bits per heavy atom. The maximum Gasteiger partial charge on any atom is 0.0922 e. The largest absolute Gasteiger partial charge is 0.314 e. The minimum absolute atomic E-state index is 0.571. The lowest BCUT2D eigenvalue weighted by molar-refractivity contribution is 0.604. The molecule has 3 aromatic rings. The zero-order valence-corrected chi connectivity index (χ0v) is 14.3.